The average Bonchev–Trinajstić information content (AvgIpc) is 3.16. The number of hydrogen-bond acceptors (Lipinski definition) is 5. The van der Waals surface area contributed by atoms with Crippen molar-refractivity contribution in [3.05, 3.63) is 0 Å². The van der Waals surface area contributed by atoms with Crippen LogP contribution in [0.2, 0.25) is 0 Å². The Morgan fingerprint density at radius 1 is 1.18 bits per heavy atom. The topological polar surface area (TPSA) is 84.0 Å². The van der Waals surface area contributed by atoms with Gasteiger partial charge in [-0.2, -0.15) is 0 Å². The number of ether oxygens (including phenoxy) is 1. The van der Waals surface area contributed by atoms with E-state index >= 15 is 0 Å². The number of fused-ring (bicyclic) bond motifs is 1. The number of esters is 1. The Labute approximate surface area is 129 Å². The molecule has 1 aliphatic heterocycles. The molecule has 0 aromatic carbocycles. The third-order valence-electron chi connectivity index (χ3n) is 4.27. The van der Waals surface area contributed by atoms with Crippen molar-refractivity contribution in [2.45, 2.75) is 52.2 Å². The molecule has 1 saturated carbocycles. The third kappa shape index (κ3) is 2.48. The van der Waals surface area contributed by atoms with E-state index in [9.17, 15) is 19.2 Å². The summed E-state index contributed by atoms with van der Waals surface area (Å²) in [4.78, 5) is 51.3. The Kier molecular flexibility index (Phi) is 4.26. The molecule has 1 saturated heterocycles. The minimum Gasteiger partial charge on any atom is -0.467 e. The van der Waals surface area contributed by atoms with Gasteiger partial charge in [-0.1, -0.05) is 0 Å². The van der Waals surface area contributed by atoms with Crippen molar-refractivity contribution in [2.75, 3.05) is 7.11 Å². The third-order valence-corrected chi connectivity index (χ3v) is 4.27. The van der Waals surface area contributed by atoms with Gasteiger partial charge in [0.15, 0.2) is 0 Å². The highest BCUT2D eigenvalue weighted by atomic mass is 16.5. The first-order chi connectivity index (χ1) is 10.2. The number of nitrogens with zero attached hydrogens (tertiary/aromatic N) is 2. The second-order valence-electron chi connectivity index (χ2n) is 6.39. The lowest BCUT2D eigenvalue weighted by Crippen LogP contribution is -2.55. The maximum absolute atomic E-state index is 12.5. The molecule has 1 unspecified atom stereocenters. The predicted molar refractivity (Wildman–Crippen MR) is 76.4 cm³/mol. The molecule has 7 heteroatoms. The van der Waals surface area contributed by atoms with Gasteiger partial charge in [0.05, 0.1) is 7.11 Å². The number of likely N-dealkylation sites (tertiary alicyclic amines) is 1. The van der Waals surface area contributed by atoms with E-state index in [0.29, 0.717) is 6.42 Å². The van der Waals surface area contributed by atoms with Crippen LogP contribution in [0, 0.1) is 11.8 Å². The van der Waals surface area contributed by atoms with Crippen molar-refractivity contribution >= 4 is 23.7 Å². The first kappa shape index (κ1) is 16.5. The molecule has 0 aromatic heterocycles. The molecule has 22 heavy (non-hydrogen) atoms. The highest BCUT2D eigenvalue weighted by Crippen LogP contribution is 2.50. The Balaban J connectivity index is 2.25. The summed E-state index contributed by atoms with van der Waals surface area (Å²) >= 11 is 0. The Morgan fingerprint density at radius 2 is 1.73 bits per heavy atom. The standard InChI is InChI=1S/C15H22N2O5/c1-7(2)16(8(3)4)13(19)14(20)17-11(15(21)22-5)9-6-10(9)12(17)18/h7-11H,6H2,1-5H3/t9-,10+,11?/m1/s1. The van der Waals surface area contributed by atoms with Gasteiger partial charge >= 0.3 is 17.8 Å². The fourth-order valence-electron chi connectivity index (χ4n) is 3.26. The molecule has 2 aliphatic rings. The summed E-state index contributed by atoms with van der Waals surface area (Å²) in [6, 6.07) is -1.32. The van der Waals surface area contributed by atoms with Gasteiger partial charge in [-0.05, 0) is 34.1 Å². The van der Waals surface area contributed by atoms with Gasteiger partial charge in [-0.3, -0.25) is 19.3 Å². The minimum absolute atomic E-state index is 0.180. The van der Waals surface area contributed by atoms with E-state index in [2.05, 4.69) is 4.74 Å². The summed E-state index contributed by atoms with van der Waals surface area (Å²) in [5.74, 6) is -3.30. The SMILES string of the molecule is COC(=O)C1[C@@H]2C[C@@H]2C(=O)N1C(=O)C(=O)N(C(C)C)C(C)C. The highest BCUT2D eigenvalue weighted by molar-refractivity contribution is 6.38. The summed E-state index contributed by atoms with van der Waals surface area (Å²) in [5.41, 5.74) is 0. The van der Waals surface area contributed by atoms with Gasteiger partial charge in [0.2, 0.25) is 5.91 Å². The largest absolute Gasteiger partial charge is 0.467 e. The molecular formula is C15H22N2O5. The molecule has 1 aliphatic carbocycles. The molecular weight excluding hydrogens is 288 g/mol. The highest BCUT2D eigenvalue weighted by Gasteiger charge is 2.64. The zero-order chi connectivity index (χ0) is 16.8. The lowest BCUT2D eigenvalue weighted by Gasteiger charge is -2.32. The van der Waals surface area contributed by atoms with Crippen LogP contribution in [0.5, 0.6) is 0 Å². The van der Waals surface area contributed by atoms with Crippen LogP contribution in [0.25, 0.3) is 0 Å². The summed E-state index contributed by atoms with van der Waals surface area (Å²) in [6.45, 7) is 7.19. The van der Waals surface area contributed by atoms with Gasteiger partial charge < -0.3 is 9.64 Å². The Hall–Kier alpha value is -1.92. The van der Waals surface area contributed by atoms with Crippen molar-refractivity contribution in [3.8, 4) is 0 Å². The molecule has 7 nitrogen and oxygen atoms in total. The van der Waals surface area contributed by atoms with Crippen molar-refractivity contribution in [1.82, 2.24) is 9.80 Å². The van der Waals surface area contributed by atoms with Crippen LogP contribution < -0.4 is 0 Å². The van der Waals surface area contributed by atoms with E-state index in [4.69, 9.17) is 0 Å². The first-order valence-corrected chi connectivity index (χ1v) is 7.49. The monoisotopic (exact) mass is 310 g/mol. The quantitative estimate of drug-likeness (QED) is 0.548. The van der Waals surface area contributed by atoms with Crippen molar-refractivity contribution in [2.24, 2.45) is 11.8 Å². The van der Waals surface area contributed by atoms with Crippen LogP contribution in [-0.4, -0.2) is 58.7 Å². The number of carbonyl (C=O) groups is 4. The van der Waals surface area contributed by atoms with Gasteiger partial charge in [0, 0.05) is 23.9 Å². The number of methoxy groups -OCH3 is 1. The fourth-order valence-corrected chi connectivity index (χ4v) is 3.26. The molecule has 0 radical (unpaired) electrons. The van der Waals surface area contributed by atoms with Crippen molar-refractivity contribution < 1.29 is 23.9 Å². The number of piperidine rings is 1. The summed E-state index contributed by atoms with van der Waals surface area (Å²) in [7, 11) is 1.21. The molecule has 2 rings (SSSR count). The van der Waals surface area contributed by atoms with E-state index in [1.165, 1.54) is 12.0 Å². The molecule has 2 fully saturated rings. The molecule has 0 aromatic rings. The van der Waals surface area contributed by atoms with Crippen molar-refractivity contribution in [1.29, 1.82) is 0 Å². The number of hydrogen-bond donors (Lipinski definition) is 0. The minimum atomic E-state index is -0.958. The lowest BCUT2D eigenvalue weighted by atomic mass is 10.1. The van der Waals surface area contributed by atoms with Crippen LogP contribution in [0.4, 0.5) is 0 Å². The summed E-state index contributed by atoms with van der Waals surface area (Å²) in [6.07, 6.45) is 0.578. The van der Waals surface area contributed by atoms with Crippen LogP contribution in [0.3, 0.4) is 0 Å². The van der Waals surface area contributed by atoms with E-state index in [1.54, 1.807) is 27.7 Å². The Morgan fingerprint density at radius 3 is 2.18 bits per heavy atom. The number of rotatable bonds is 3. The lowest BCUT2D eigenvalue weighted by molar-refractivity contribution is -0.164. The molecule has 3 atom stereocenters. The van der Waals surface area contributed by atoms with Crippen LogP contribution >= 0.6 is 0 Å². The zero-order valence-corrected chi connectivity index (χ0v) is 13.5. The van der Waals surface area contributed by atoms with Gasteiger partial charge in [-0.15, -0.1) is 0 Å². The zero-order valence-electron chi connectivity index (χ0n) is 13.5. The second-order valence-corrected chi connectivity index (χ2v) is 6.39. The Bertz CT molecular complexity index is 520. The van der Waals surface area contributed by atoms with E-state index in [0.717, 1.165) is 4.90 Å². The van der Waals surface area contributed by atoms with E-state index < -0.39 is 29.7 Å². The van der Waals surface area contributed by atoms with E-state index in [1.807, 2.05) is 0 Å². The number of carbonyl (C=O) groups excluding carboxylic acids is 4. The van der Waals surface area contributed by atoms with Crippen LogP contribution in [-0.2, 0) is 23.9 Å². The number of imide groups is 1. The summed E-state index contributed by atoms with van der Waals surface area (Å²) in [5, 5.41) is 0. The molecule has 0 N–H and O–H groups in total. The van der Waals surface area contributed by atoms with Crippen LogP contribution in [0.15, 0.2) is 0 Å². The molecule has 1 heterocycles. The van der Waals surface area contributed by atoms with Gasteiger partial charge in [-0.25, -0.2) is 4.79 Å². The fraction of sp³-hybridized carbons (Fsp3) is 0.733. The van der Waals surface area contributed by atoms with Gasteiger partial charge in [0.1, 0.15) is 6.04 Å². The maximum Gasteiger partial charge on any atom is 0.329 e. The molecule has 0 bridgehead atoms. The number of amides is 3. The second kappa shape index (κ2) is 5.70. The normalized spacial score (nSPS) is 26.2. The van der Waals surface area contributed by atoms with Crippen LogP contribution in [0.1, 0.15) is 34.1 Å². The van der Waals surface area contributed by atoms with Crippen molar-refractivity contribution in [3.63, 3.8) is 0 Å². The summed E-state index contributed by atoms with van der Waals surface area (Å²) < 4.78 is 4.69. The average molecular weight is 310 g/mol. The molecule has 122 valence electrons. The first-order valence-electron chi connectivity index (χ1n) is 7.49. The maximum atomic E-state index is 12.5. The smallest absolute Gasteiger partial charge is 0.329 e. The molecule has 0 spiro atoms. The van der Waals surface area contributed by atoms with E-state index in [-0.39, 0.29) is 23.9 Å². The van der Waals surface area contributed by atoms with Gasteiger partial charge in [0.25, 0.3) is 0 Å². The predicted octanol–water partition coefficient (Wildman–Crippen LogP) is 0.178. The molecule has 3 amide bonds.